The van der Waals surface area contributed by atoms with Crippen LogP contribution in [0, 0.1) is 17.6 Å². The molecule has 2 atom stereocenters. The van der Waals surface area contributed by atoms with Crippen molar-refractivity contribution in [2.75, 3.05) is 18.1 Å². The Kier molecular flexibility index (Phi) is 5.32. The van der Waals surface area contributed by atoms with E-state index in [0.29, 0.717) is 12.8 Å². The second-order valence-corrected chi connectivity index (χ2v) is 7.94. The normalized spacial score (nSPS) is 22.3. The van der Waals surface area contributed by atoms with E-state index in [1.807, 2.05) is 6.92 Å². The van der Waals surface area contributed by atoms with Crippen molar-refractivity contribution in [3.63, 3.8) is 0 Å². The lowest BCUT2D eigenvalue weighted by atomic mass is 9.94. The molecule has 1 saturated heterocycles. The Morgan fingerprint density at radius 3 is 2.67 bits per heavy atom. The minimum absolute atomic E-state index is 0.0816. The fourth-order valence-corrected chi connectivity index (χ4v) is 4.82. The van der Waals surface area contributed by atoms with Crippen molar-refractivity contribution < 1.29 is 17.2 Å². The summed E-state index contributed by atoms with van der Waals surface area (Å²) in [6, 6.07) is 4.01. The van der Waals surface area contributed by atoms with Gasteiger partial charge in [0.1, 0.15) is 0 Å². The molecule has 0 aliphatic carbocycles. The van der Waals surface area contributed by atoms with Gasteiger partial charge in [-0.05, 0) is 49.4 Å². The predicted octanol–water partition coefficient (Wildman–Crippen LogP) is 2.31. The van der Waals surface area contributed by atoms with Crippen LogP contribution >= 0.6 is 0 Å². The lowest BCUT2D eigenvalue weighted by Crippen LogP contribution is -2.33. The first-order chi connectivity index (χ1) is 9.89. The van der Waals surface area contributed by atoms with Crippen LogP contribution in [0.3, 0.4) is 0 Å². The Morgan fingerprint density at radius 2 is 2.10 bits per heavy atom. The maximum Gasteiger partial charge on any atom is 0.159 e. The van der Waals surface area contributed by atoms with E-state index >= 15 is 0 Å². The molecule has 0 aromatic heterocycles. The Balaban J connectivity index is 2.00. The van der Waals surface area contributed by atoms with Gasteiger partial charge in [-0.1, -0.05) is 13.0 Å². The summed E-state index contributed by atoms with van der Waals surface area (Å²) in [6.07, 6.45) is 2.01. The highest BCUT2D eigenvalue weighted by Crippen LogP contribution is 2.24. The molecule has 0 spiro atoms. The summed E-state index contributed by atoms with van der Waals surface area (Å²) in [6.45, 7) is 2.73. The van der Waals surface area contributed by atoms with Crippen molar-refractivity contribution >= 4 is 9.84 Å². The minimum Gasteiger partial charge on any atom is -0.314 e. The Bertz CT molecular complexity index is 589. The van der Waals surface area contributed by atoms with Crippen LogP contribution in [-0.4, -0.2) is 32.5 Å². The standard InChI is InChI=1S/C15H21F2NO2S/c1-2-18-13(8-12-5-6-21(19,20)10-12)7-11-3-4-14(16)15(17)9-11/h3-4,9,12-13,18H,2,5-8,10H2,1H3. The van der Waals surface area contributed by atoms with E-state index in [4.69, 9.17) is 0 Å². The second kappa shape index (κ2) is 6.83. The molecule has 1 heterocycles. The SMILES string of the molecule is CCNC(Cc1ccc(F)c(F)c1)CC1CCS(=O)(=O)C1. The van der Waals surface area contributed by atoms with E-state index in [2.05, 4.69) is 5.32 Å². The summed E-state index contributed by atoms with van der Waals surface area (Å²) in [5.74, 6) is -1.02. The van der Waals surface area contributed by atoms with Gasteiger partial charge >= 0.3 is 0 Å². The molecule has 1 N–H and O–H groups in total. The zero-order valence-electron chi connectivity index (χ0n) is 12.1. The van der Waals surface area contributed by atoms with Gasteiger partial charge in [-0.2, -0.15) is 0 Å². The Hall–Kier alpha value is -1.01. The fourth-order valence-electron chi connectivity index (χ4n) is 2.94. The third-order valence-corrected chi connectivity index (χ3v) is 5.74. The first kappa shape index (κ1) is 16.4. The number of halogens is 2. The summed E-state index contributed by atoms with van der Waals surface area (Å²) in [5, 5.41) is 3.31. The number of sulfone groups is 1. The molecule has 21 heavy (non-hydrogen) atoms. The molecule has 1 aliphatic rings. The number of rotatable bonds is 6. The average molecular weight is 317 g/mol. The lowest BCUT2D eigenvalue weighted by Gasteiger charge is -2.21. The van der Waals surface area contributed by atoms with Crippen LogP contribution in [0.25, 0.3) is 0 Å². The molecule has 0 radical (unpaired) electrons. The van der Waals surface area contributed by atoms with E-state index in [-0.39, 0.29) is 23.5 Å². The van der Waals surface area contributed by atoms with E-state index in [9.17, 15) is 17.2 Å². The smallest absolute Gasteiger partial charge is 0.159 e. The summed E-state index contributed by atoms with van der Waals surface area (Å²) < 4.78 is 49.2. The molecule has 1 fully saturated rings. The number of nitrogens with one attached hydrogen (secondary N) is 1. The molecule has 0 bridgehead atoms. The van der Waals surface area contributed by atoms with Crippen LogP contribution in [0.4, 0.5) is 8.78 Å². The first-order valence-electron chi connectivity index (χ1n) is 7.27. The summed E-state index contributed by atoms with van der Waals surface area (Å²) in [7, 11) is -2.88. The molecular weight excluding hydrogens is 296 g/mol. The Labute approximate surface area is 124 Å². The van der Waals surface area contributed by atoms with Crippen molar-refractivity contribution in [3.8, 4) is 0 Å². The highest BCUT2D eigenvalue weighted by atomic mass is 32.2. The predicted molar refractivity (Wildman–Crippen MR) is 78.9 cm³/mol. The number of hydrogen-bond donors (Lipinski definition) is 1. The molecule has 1 aromatic rings. The highest BCUT2D eigenvalue weighted by Gasteiger charge is 2.29. The summed E-state index contributed by atoms with van der Waals surface area (Å²) >= 11 is 0. The van der Waals surface area contributed by atoms with Crippen molar-refractivity contribution in [3.05, 3.63) is 35.4 Å². The van der Waals surface area contributed by atoms with Crippen molar-refractivity contribution in [2.45, 2.75) is 32.2 Å². The van der Waals surface area contributed by atoms with E-state index in [1.165, 1.54) is 6.07 Å². The lowest BCUT2D eigenvalue weighted by molar-refractivity contribution is 0.408. The third kappa shape index (κ3) is 4.74. The maximum atomic E-state index is 13.2. The quantitative estimate of drug-likeness (QED) is 0.876. The van der Waals surface area contributed by atoms with Crippen LogP contribution < -0.4 is 5.32 Å². The van der Waals surface area contributed by atoms with E-state index < -0.39 is 21.5 Å². The fraction of sp³-hybridized carbons (Fsp3) is 0.600. The van der Waals surface area contributed by atoms with Gasteiger partial charge < -0.3 is 5.32 Å². The van der Waals surface area contributed by atoms with Gasteiger partial charge in [-0.25, -0.2) is 17.2 Å². The van der Waals surface area contributed by atoms with Crippen molar-refractivity contribution in [1.29, 1.82) is 0 Å². The molecule has 0 amide bonds. The monoisotopic (exact) mass is 317 g/mol. The Morgan fingerprint density at radius 1 is 1.33 bits per heavy atom. The summed E-state index contributed by atoms with van der Waals surface area (Å²) in [4.78, 5) is 0. The molecule has 2 unspecified atom stereocenters. The average Bonchev–Trinajstić information content (AvgIpc) is 2.73. The molecule has 6 heteroatoms. The molecule has 0 saturated carbocycles. The molecule has 118 valence electrons. The van der Waals surface area contributed by atoms with Crippen molar-refractivity contribution in [2.24, 2.45) is 5.92 Å². The molecular formula is C15H21F2NO2S. The van der Waals surface area contributed by atoms with Crippen LogP contribution in [0.5, 0.6) is 0 Å². The molecule has 1 aromatic carbocycles. The number of likely N-dealkylation sites (N-methyl/N-ethyl adjacent to an activating group) is 1. The zero-order valence-corrected chi connectivity index (χ0v) is 12.9. The second-order valence-electron chi connectivity index (χ2n) is 5.71. The van der Waals surface area contributed by atoms with Crippen LogP contribution in [0.1, 0.15) is 25.3 Å². The van der Waals surface area contributed by atoms with Gasteiger partial charge in [0, 0.05) is 6.04 Å². The van der Waals surface area contributed by atoms with Crippen molar-refractivity contribution in [1.82, 2.24) is 5.32 Å². The summed E-state index contributed by atoms with van der Waals surface area (Å²) in [5.41, 5.74) is 0.723. The molecule has 1 aliphatic heterocycles. The van der Waals surface area contributed by atoms with Gasteiger partial charge in [-0.3, -0.25) is 0 Å². The van der Waals surface area contributed by atoms with Gasteiger partial charge in [-0.15, -0.1) is 0 Å². The first-order valence-corrected chi connectivity index (χ1v) is 9.09. The highest BCUT2D eigenvalue weighted by molar-refractivity contribution is 7.91. The number of benzene rings is 1. The van der Waals surface area contributed by atoms with Gasteiger partial charge in [0.05, 0.1) is 11.5 Å². The molecule has 3 nitrogen and oxygen atoms in total. The minimum atomic E-state index is -2.88. The van der Waals surface area contributed by atoms with Gasteiger partial charge in [0.15, 0.2) is 21.5 Å². The van der Waals surface area contributed by atoms with Crippen LogP contribution in [0.2, 0.25) is 0 Å². The largest absolute Gasteiger partial charge is 0.314 e. The third-order valence-electron chi connectivity index (χ3n) is 3.90. The van der Waals surface area contributed by atoms with Gasteiger partial charge in [0.25, 0.3) is 0 Å². The van der Waals surface area contributed by atoms with E-state index in [1.54, 1.807) is 6.07 Å². The topological polar surface area (TPSA) is 46.2 Å². The van der Waals surface area contributed by atoms with E-state index in [0.717, 1.165) is 24.6 Å². The van der Waals surface area contributed by atoms with Gasteiger partial charge in [0.2, 0.25) is 0 Å². The zero-order chi connectivity index (χ0) is 15.5. The van der Waals surface area contributed by atoms with Crippen LogP contribution in [-0.2, 0) is 16.3 Å². The number of hydrogen-bond acceptors (Lipinski definition) is 3. The van der Waals surface area contributed by atoms with Crippen LogP contribution in [0.15, 0.2) is 18.2 Å². The molecule has 2 rings (SSSR count). The maximum absolute atomic E-state index is 13.2.